The number of hydrogen-bond donors (Lipinski definition) is 0. The Kier molecular flexibility index (Phi) is 3.47. The molecule has 1 aliphatic carbocycles. The van der Waals surface area contributed by atoms with Gasteiger partial charge in [0.05, 0.1) is 4.92 Å². The van der Waals surface area contributed by atoms with Crippen molar-refractivity contribution in [1.82, 2.24) is 9.97 Å². The number of ether oxygens (including phenoxy) is 1. The summed E-state index contributed by atoms with van der Waals surface area (Å²) in [6.45, 7) is 1.73. The minimum Gasteiger partial charge on any atom is -0.431 e. The molecule has 0 radical (unpaired) electrons. The van der Waals surface area contributed by atoms with Gasteiger partial charge in [-0.15, -0.1) is 0 Å². The Morgan fingerprint density at radius 3 is 2.71 bits per heavy atom. The summed E-state index contributed by atoms with van der Waals surface area (Å²) in [6, 6.07) is 6.17. The van der Waals surface area contributed by atoms with Crippen molar-refractivity contribution >= 4 is 17.3 Å². The quantitative estimate of drug-likeness (QED) is 0.484. The molecule has 1 aromatic carbocycles. The smallest absolute Gasteiger partial charge is 0.311 e. The molecule has 1 heterocycles. The van der Waals surface area contributed by atoms with Crippen LogP contribution >= 0.6 is 11.6 Å². The summed E-state index contributed by atoms with van der Waals surface area (Å²) >= 11 is 6.09. The molecule has 0 bridgehead atoms. The summed E-state index contributed by atoms with van der Waals surface area (Å²) in [5.74, 6) is 1.36. The maximum absolute atomic E-state index is 11.0. The normalized spacial score (nSPS) is 14.0. The van der Waals surface area contributed by atoms with Gasteiger partial charge < -0.3 is 4.74 Å². The van der Waals surface area contributed by atoms with Crippen molar-refractivity contribution < 1.29 is 9.66 Å². The lowest BCUT2D eigenvalue weighted by Gasteiger charge is -2.10. The van der Waals surface area contributed by atoms with Crippen molar-refractivity contribution in [2.75, 3.05) is 0 Å². The Morgan fingerprint density at radius 2 is 2.05 bits per heavy atom. The molecular formula is C14H12ClN3O3. The van der Waals surface area contributed by atoms with Gasteiger partial charge in [0.15, 0.2) is 0 Å². The third-order valence-corrected chi connectivity index (χ3v) is 3.64. The second kappa shape index (κ2) is 5.29. The van der Waals surface area contributed by atoms with E-state index in [0.717, 1.165) is 12.8 Å². The van der Waals surface area contributed by atoms with Crippen molar-refractivity contribution in [2.45, 2.75) is 25.7 Å². The van der Waals surface area contributed by atoms with Crippen LogP contribution in [0.5, 0.6) is 11.6 Å². The number of para-hydroxylation sites is 2. The van der Waals surface area contributed by atoms with Crippen LogP contribution in [0.4, 0.5) is 5.69 Å². The van der Waals surface area contributed by atoms with Crippen molar-refractivity contribution in [1.29, 1.82) is 0 Å². The number of nitro benzene ring substituents is 1. The van der Waals surface area contributed by atoms with Gasteiger partial charge in [-0.1, -0.05) is 23.7 Å². The highest BCUT2D eigenvalue weighted by Crippen LogP contribution is 2.41. The molecule has 0 saturated heterocycles. The van der Waals surface area contributed by atoms with Crippen LogP contribution in [-0.2, 0) is 0 Å². The largest absolute Gasteiger partial charge is 0.431 e. The zero-order chi connectivity index (χ0) is 15.0. The maximum atomic E-state index is 11.0. The van der Waals surface area contributed by atoms with Gasteiger partial charge in [0.25, 0.3) is 0 Å². The van der Waals surface area contributed by atoms with E-state index in [9.17, 15) is 10.1 Å². The predicted molar refractivity (Wildman–Crippen MR) is 76.9 cm³/mol. The topological polar surface area (TPSA) is 78.2 Å². The maximum Gasteiger partial charge on any atom is 0.311 e. The molecule has 1 aromatic heterocycles. The molecule has 0 spiro atoms. The molecule has 21 heavy (non-hydrogen) atoms. The van der Waals surface area contributed by atoms with E-state index in [1.807, 2.05) is 0 Å². The third kappa shape index (κ3) is 2.80. The van der Waals surface area contributed by atoms with Crippen molar-refractivity contribution in [3.8, 4) is 11.6 Å². The van der Waals surface area contributed by atoms with Crippen LogP contribution in [0.1, 0.15) is 30.1 Å². The zero-order valence-corrected chi connectivity index (χ0v) is 12.0. The molecular weight excluding hydrogens is 294 g/mol. The van der Waals surface area contributed by atoms with Crippen molar-refractivity contribution in [3.05, 3.63) is 50.9 Å². The van der Waals surface area contributed by atoms with Crippen LogP contribution in [0.3, 0.4) is 0 Å². The first-order valence-electron chi connectivity index (χ1n) is 6.51. The van der Waals surface area contributed by atoms with E-state index in [1.54, 1.807) is 19.1 Å². The van der Waals surface area contributed by atoms with Crippen LogP contribution in [0.25, 0.3) is 0 Å². The molecule has 1 fully saturated rings. The highest BCUT2D eigenvalue weighted by Gasteiger charge is 2.28. The van der Waals surface area contributed by atoms with Gasteiger partial charge in [-0.25, -0.2) is 4.98 Å². The summed E-state index contributed by atoms with van der Waals surface area (Å²) in [7, 11) is 0. The minimum absolute atomic E-state index is 0.111. The minimum atomic E-state index is -0.491. The summed E-state index contributed by atoms with van der Waals surface area (Å²) in [5.41, 5.74) is 0.457. The number of benzene rings is 1. The lowest BCUT2D eigenvalue weighted by Crippen LogP contribution is -2.01. The molecule has 1 saturated carbocycles. The lowest BCUT2D eigenvalue weighted by molar-refractivity contribution is -0.385. The molecule has 0 N–H and O–H groups in total. The van der Waals surface area contributed by atoms with Crippen LogP contribution in [-0.4, -0.2) is 14.9 Å². The van der Waals surface area contributed by atoms with Crippen LogP contribution < -0.4 is 4.74 Å². The van der Waals surface area contributed by atoms with E-state index in [2.05, 4.69) is 9.97 Å². The fraction of sp³-hybridized carbons (Fsp3) is 0.286. The van der Waals surface area contributed by atoms with Gasteiger partial charge in [0.1, 0.15) is 11.0 Å². The van der Waals surface area contributed by atoms with Gasteiger partial charge in [-0.3, -0.25) is 10.1 Å². The fourth-order valence-electron chi connectivity index (χ4n) is 1.91. The zero-order valence-electron chi connectivity index (χ0n) is 11.2. The molecule has 0 amide bonds. The van der Waals surface area contributed by atoms with E-state index < -0.39 is 4.92 Å². The monoisotopic (exact) mass is 305 g/mol. The SMILES string of the molecule is Cc1c(Cl)nc(C2CC2)nc1Oc1ccccc1[N+](=O)[O-]. The van der Waals surface area contributed by atoms with Crippen LogP contribution in [0.2, 0.25) is 5.15 Å². The lowest BCUT2D eigenvalue weighted by atomic mass is 10.3. The van der Waals surface area contributed by atoms with Crippen LogP contribution in [0.15, 0.2) is 24.3 Å². The second-order valence-electron chi connectivity index (χ2n) is 4.90. The van der Waals surface area contributed by atoms with E-state index >= 15 is 0 Å². The Labute approximate surface area is 125 Å². The predicted octanol–water partition coefficient (Wildman–Crippen LogP) is 4.02. The van der Waals surface area contributed by atoms with Gasteiger partial charge >= 0.3 is 5.69 Å². The first kappa shape index (κ1) is 13.8. The molecule has 2 aromatic rings. The van der Waals surface area contributed by atoms with E-state index in [1.165, 1.54) is 12.1 Å². The van der Waals surface area contributed by atoms with Crippen molar-refractivity contribution in [2.24, 2.45) is 0 Å². The molecule has 7 heteroatoms. The highest BCUT2D eigenvalue weighted by atomic mass is 35.5. The van der Waals surface area contributed by atoms with E-state index in [-0.39, 0.29) is 17.3 Å². The van der Waals surface area contributed by atoms with E-state index in [4.69, 9.17) is 16.3 Å². The average Bonchev–Trinajstić information content (AvgIpc) is 3.28. The Morgan fingerprint density at radius 1 is 1.33 bits per heavy atom. The first-order chi connectivity index (χ1) is 10.1. The molecule has 6 nitrogen and oxygen atoms in total. The van der Waals surface area contributed by atoms with Gasteiger partial charge in [0, 0.05) is 17.5 Å². The van der Waals surface area contributed by atoms with Gasteiger partial charge in [0.2, 0.25) is 11.6 Å². The standard InChI is InChI=1S/C14H12ClN3O3/c1-8-12(15)16-13(9-6-7-9)17-14(8)21-11-5-3-2-4-10(11)18(19)20/h2-5,9H,6-7H2,1H3. The number of nitro groups is 1. The third-order valence-electron chi connectivity index (χ3n) is 3.27. The second-order valence-corrected chi connectivity index (χ2v) is 5.26. The average molecular weight is 306 g/mol. The Hall–Kier alpha value is -2.21. The Bertz CT molecular complexity index is 717. The number of hydrogen-bond acceptors (Lipinski definition) is 5. The molecule has 0 atom stereocenters. The number of halogens is 1. The number of aromatic nitrogens is 2. The van der Waals surface area contributed by atoms with Crippen molar-refractivity contribution in [3.63, 3.8) is 0 Å². The molecule has 0 aliphatic heterocycles. The van der Waals surface area contributed by atoms with Gasteiger partial charge in [-0.05, 0) is 25.8 Å². The summed E-state index contributed by atoms with van der Waals surface area (Å²) in [4.78, 5) is 19.1. The summed E-state index contributed by atoms with van der Waals surface area (Å²) in [6.07, 6.45) is 2.06. The molecule has 3 rings (SSSR count). The number of nitrogens with zero attached hydrogens (tertiary/aromatic N) is 3. The Balaban J connectivity index is 2.00. The molecule has 0 unspecified atom stereocenters. The fourth-order valence-corrected chi connectivity index (χ4v) is 2.07. The highest BCUT2D eigenvalue weighted by molar-refractivity contribution is 6.30. The molecule has 108 valence electrons. The van der Waals surface area contributed by atoms with E-state index in [0.29, 0.717) is 22.5 Å². The number of rotatable bonds is 4. The summed E-state index contributed by atoms with van der Waals surface area (Å²) < 4.78 is 5.62. The van der Waals surface area contributed by atoms with Gasteiger partial charge in [-0.2, -0.15) is 4.98 Å². The molecule has 1 aliphatic rings. The van der Waals surface area contributed by atoms with Crippen LogP contribution in [0, 0.1) is 17.0 Å². The first-order valence-corrected chi connectivity index (χ1v) is 6.89. The summed E-state index contributed by atoms with van der Waals surface area (Å²) in [5, 5.41) is 11.3.